The fraction of sp³-hybridized carbons (Fsp3) is 0.211. The Labute approximate surface area is 150 Å². The average Bonchev–Trinajstić information content (AvgIpc) is 3.24. The maximum absolute atomic E-state index is 13.0. The third kappa shape index (κ3) is 3.25. The number of aryl methyl sites for hydroxylation is 1. The second-order valence-corrected chi connectivity index (χ2v) is 6.78. The quantitative estimate of drug-likeness (QED) is 0.736. The van der Waals surface area contributed by atoms with E-state index in [0.29, 0.717) is 22.7 Å². The molecule has 6 heteroatoms. The van der Waals surface area contributed by atoms with E-state index in [1.165, 1.54) is 0 Å². The molecular weight excluding hydrogens is 336 g/mol. The summed E-state index contributed by atoms with van der Waals surface area (Å²) in [5.74, 6) is 1.07. The standard InChI is InChI=1S/C19H20N2O3S/c1-12-13(2)25-19(21-9-5-6-10-21)17(12)18(22)20-15-8-7-14(23-3)11-16(15)24-4/h5-11H,1-4H3,(H,20,22). The lowest BCUT2D eigenvalue weighted by atomic mass is 10.1. The Morgan fingerprint density at radius 1 is 1.12 bits per heavy atom. The molecule has 1 N–H and O–H groups in total. The summed E-state index contributed by atoms with van der Waals surface area (Å²) in [6.45, 7) is 4.00. The first-order valence-corrected chi connectivity index (χ1v) is 8.63. The van der Waals surface area contributed by atoms with Crippen molar-refractivity contribution in [1.29, 1.82) is 0 Å². The van der Waals surface area contributed by atoms with Gasteiger partial charge in [0.15, 0.2) is 0 Å². The maximum atomic E-state index is 13.0. The van der Waals surface area contributed by atoms with Crippen LogP contribution in [-0.2, 0) is 0 Å². The predicted octanol–water partition coefficient (Wildman–Crippen LogP) is 4.43. The minimum atomic E-state index is -0.158. The first kappa shape index (κ1) is 17.1. The molecule has 3 rings (SSSR count). The number of anilines is 1. The van der Waals surface area contributed by atoms with Crippen LogP contribution in [0.25, 0.3) is 5.00 Å². The van der Waals surface area contributed by atoms with Gasteiger partial charge in [0.2, 0.25) is 0 Å². The van der Waals surface area contributed by atoms with Gasteiger partial charge in [-0.1, -0.05) is 0 Å². The SMILES string of the molecule is COc1ccc(NC(=O)c2c(-n3cccc3)sc(C)c2C)c(OC)c1. The molecule has 0 fully saturated rings. The van der Waals surface area contributed by atoms with Crippen molar-refractivity contribution < 1.29 is 14.3 Å². The number of carbonyl (C=O) groups is 1. The first-order chi connectivity index (χ1) is 12.0. The fourth-order valence-corrected chi connectivity index (χ4v) is 3.73. The molecule has 3 aromatic rings. The van der Waals surface area contributed by atoms with Crippen molar-refractivity contribution in [3.8, 4) is 16.5 Å². The van der Waals surface area contributed by atoms with Gasteiger partial charge < -0.3 is 19.4 Å². The van der Waals surface area contributed by atoms with Crippen LogP contribution in [0.3, 0.4) is 0 Å². The van der Waals surface area contributed by atoms with E-state index in [4.69, 9.17) is 9.47 Å². The zero-order chi connectivity index (χ0) is 18.0. The highest BCUT2D eigenvalue weighted by Gasteiger charge is 2.21. The minimum absolute atomic E-state index is 0.158. The van der Waals surface area contributed by atoms with Crippen molar-refractivity contribution in [2.75, 3.05) is 19.5 Å². The van der Waals surface area contributed by atoms with Crippen molar-refractivity contribution in [2.45, 2.75) is 13.8 Å². The third-order valence-corrected chi connectivity index (χ3v) is 5.31. The Balaban J connectivity index is 1.98. The molecule has 0 saturated heterocycles. The van der Waals surface area contributed by atoms with Crippen LogP contribution in [0.4, 0.5) is 5.69 Å². The number of ether oxygens (including phenoxy) is 2. The largest absolute Gasteiger partial charge is 0.497 e. The molecule has 0 unspecified atom stereocenters. The predicted molar refractivity (Wildman–Crippen MR) is 101 cm³/mol. The van der Waals surface area contributed by atoms with Crippen LogP contribution in [0.1, 0.15) is 20.8 Å². The van der Waals surface area contributed by atoms with Gasteiger partial charge in [-0.05, 0) is 43.7 Å². The van der Waals surface area contributed by atoms with Crippen LogP contribution in [0.2, 0.25) is 0 Å². The fourth-order valence-electron chi connectivity index (χ4n) is 2.61. The molecule has 1 amide bonds. The number of aromatic nitrogens is 1. The van der Waals surface area contributed by atoms with Crippen molar-refractivity contribution >= 4 is 22.9 Å². The van der Waals surface area contributed by atoms with Crippen molar-refractivity contribution in [3.05, 3.63) is 58.7 Å². The number of benzene rings is 1. The summed E-state index contributed by atoms with van der Waals surface area (Å²) >= 11 is 1.60. The van der Waals surface area contributed by atoms with Crippen molar-refractivity contribution in [3.63, 3.8) is 0 Å². The smallest absolute Gasteiger partial charge is 0.259 e. The number of thiophene rings is 1. The van der Waals surface area contributed by atoms with E-state index in [-0.39, 0.29) is 5.91 Å². The number of nitrogens with one attached hydrogen (secondary N) is 1. The minimum Gasteiger partial charge on any atom is -0.497 e. The summed E-state index contributed by atoms with van der Waals surface area (Å²) in [6, 6.07) is 9.20. The molecule has 0 saturated carbocycles. The molecule has 0 aliphatic heterocycles. The van der Waals surface area contributed by atoms with E-state index >= 15 is 0 Å². The first-order valence-electron chi connectivity index (χ1n) is 7.82. The zero-order valence-corrected chi connectivity index (χ0v) is 15.4. The number of hydrogen-bond acceptors (Lipinski definition) is 4. The molecule has 5 nitrogen and oxygen atoms in total. The Morgan fingerprint density at radius 3 is 2.48 bits per heavy atom. The number of amides is 1. The normalized spacial score (nSPS) is 10.6. The van der Waals surface area contributed by atoms with E-state index in [1.54, 1.807) is 43.8 Å². The van der Waals surface area contributed by atoms with Crippen LogP contribution in [0.15, 0.2) is 42.7 Å². The van der Waals surface area contributed by atoms with Crippen LogP contribution in [0.5, 0.6) is 11.5 Å². The number of carbonyl (C=O) groups excluding carboxylic acids is 1. The topological polar surface area (TPSA) is 52.5 Å². The van der Waals surface area contributed by atoms with Gasteiger partial charge in [0, 0.05) is 23.3 Å². The van der Waals surface area contributed by atoms with Crippen molar-refractivity contribution in [1.82, 2.24) is 4.57 Å². The number of methoxy groups -OCH3 is 2. The molecule has 25 heavy (non-hydrogen) atoms. The monoisotopic (exact) mass is 356 g/mol. The molecule has 0 spiro atoms. The molecular formula is C19H20N2O3S. The maximum Gasteiger partial charge on any atom is 0.259 e. The Bertz CT molecular complexity index is 898. The van der Waals surface area contributed by atoms with E-state index in [2.05, 4.69) is 5.32 Å². The van der Waals surface area contributed by atoms with E-state index in [9.17, 15) is 4.79 Å². The lowest BCUT2D eigenvalue weighted by Gasteiger charge is -2.13. The molecule has 0 atom stereocenters. The van der Waals surface area contributed by atoms with Gasteiger partial charge in [0.05, 0.1) is 25.5 Å². The van der Waals surface area contributed by atoms with Crippen LogP contribution in [0, 0.1) is 13.8 Å². The van der Waals surface area contributed by atoms with Gasteiger partial charge >= 0.3 is 0 Å². The van der Waals surface area contributed by atoms with Crippen molar-refractivity contribution in [2.24, 2.45) is 0 Å². The molecule has 0 radical (unpaired) electrons. The lowest BCUT2D eigenvalue weighted by Crippen LogP contribution is -2.15. The van der Waals surface area contributed by atoms with Gasteiger partial charge in [0.25, 0.3) is 5.91 Å². The second kappa shape index (κ2) is 7.03. The molecule has 130 valence electrons. The van der Waals surface area contributed by atoms with E-state index in [1.807, 2.05) is 42.9 Å². The summed E-state index contributed by atoms with van der Waals surface area (Å²) in [5, 5.41) is 3.87. The van der Waals surface area contributed by atoms with E-state index in [0.717, 1.165) is 15.4 Å². The summed E-state index contributed by atoms with van der Waals surface area (Å²) in [6.07, 6.45) is 3.88. The Morgan fingerprint density at radius 2 is 1.84 bits per heavy atom. The van der Waals surface area contributed by atoms with Gasteiger partial charge in [-0.2, -0.15) is 0 Å². The Kier molecular flexibility index (Phi) is 4.81. The van der Waals surface area contributed by atoms with Gasteiger partial charge in [-0.3, -0.25) is 4.79 Å². The third-order valence-electron chi connectivity index (χ3n) is 4.09. The van der Waals surface area contributed by atoms with Crippen LogP contribution in [-0.4, -0.2) is 24.7 Å². The number of hydrogen-bond donors (Lipinski definition) is 1. The number of nitrogens with zero attached hydrogens (tertiary/aromatic N) is 1. The summed E-state index contributed by atoms with van der Waals surface area (Å²) in [5.41, 5.74) is 2.27. The highest BCUT2D eigenvalue weighted by molar-refractivity contribution is 7.15. The zero-order valence-electron chi connectivity index (χ0n) is 14.6. The summed E-state index contributed by atoms with van der Waals surface area (Å²) in [7, 11) is 3.16. The lowest BCUT2D eigenvalue weighted by molar-refractivity contribution is 0.102. The van der Waals surface area contributed by atoms with Gasteiger partial charge in [-0.15, -0.1) is 11.3 Å². The van der Waals surface area contributed by atoms with Gasteiger partial charge in [0.1, 0.15) is 16.5 Å². The molecule has 2 aromatic heterocycles. The summed E-state index contributed by atoms with van der Waals surface area (Å²) < 4.78 is 12.5. The van der Waals surface area contributed by atoms with Crippen LogP contribution >= 0.6 is 11.3 Å². The molecule has 0 aliphatic rings. The second-order valence-electron chi connectivity index (χ2n) is 5.57. The van der Waals surface area contributed by atoms with Crippen LogP contribution < -0.4 is 14.8 Å². The average molecular weight is 356 g/mol. The highest BCUT2D eigenvalue weighted by atomic mass is 32.1. The molecule has 0 aliphatic carbocycles. The summed E-state index contributed by atoms with van der Waals surface area (Å²) in [4.78, 5) is 14.1. The molecule has 2 heterocycles. The van der Waals surface area contributed by atoms with E-state index < -0.39 is 0 Å². The highest BCUT2D eigenvalue weighted by Crippen LogP contribution is 2.34. The molecule has 1 aromatic carbocycles. The van der Waals surface area contributed by atoms with Gasteiger partial charge in [-0.25, -0.2) is 0 Å². The Hall–Kier alpha value is -2.73. The number of rotatable bonds is 5. The molecule has 0 bridgehead atoms.